The van der Waals surface area contributed by atoms with Gasteiger partial charge in [0.15, 0.2) is 11.5 Å². The molecule has 5 heteroatoms. The predicted molar refractivity (Wildman–Crippen MR) is 90.7 cm³/mol. The zero-order valence-electron chi connectivity index (χ0n) is 14.7. The van der Waals surface area contributed by atoms with Gasteiger partial charge in [0.1, 0.15) is 5.82 Å². The summed E-state index contributed by atoms with van der Waals surface area (Å²) in [4.78, 5) is 2.32. The van der Waals surface area contributed by atoms with Crippen molar-refractivity contribution in [2.45, 2.75) is 44.2 Å². The maximum Gasteiger partial charge on any atom is 0.163 e. The molecule has 1 aromatic carbocycles. The van der Waals surface area contributed by atoms with Crippen molar-refractivity contribution in [1.82, 2.24) is 10.2 Å². The molecule has 1 aliphatic carbocycles. The molecule has 0 aliphatic heterocycles. The minimum absolute atomic E-state index is 0.186. The summed E-state index contributed by atoms with van der Waals surface area (Å²) >= 11 is 0. The van der Waals surface area contributed by atoms with E-state index in [9.17, 15) is 4.39 Å². The zero-order chi connectivity index (χ0) is 16.9. The molecular formula is C18H29FN2O2. The Morgan fingerprint density at radius 3 is 2.26 bits per heavy atom. The van der Waals surface area contributed by atoms with Gasteiger partial charge < -0.3 is 19.7 Å². The molecule has 0 saturated heterocycles. The van der Waals surface area contributed by atoms with E-state index < -0.39 is 0 Å². The summed E-state index contributed by atoms with van der Waals surface area (Å²) in [5, 5.41) is 3.45. The van der Waals surface area contributed by atoms with Crippen LogP contribution in [0.15, 0.2) is 12.1 Å². The summed E-state index contributed by atoms with van der Waals surface area (Å²) in [7, 11) is 7.36. The fourth-order valence-corrected chi connectivity index (χ4v) is 3.45. The standard InChI is InChI=1S/C18H29FN2O2/c1-21(2)18(8-6-5-7-9-18)13-20-12-14-10-16(22-3)17(23-4)11-15(14)19/h10-11,20H,5-9,12-13H2,1-4H3. The number of benzene rings is 1. The van der Waals surface area contributed by atoms with E-state index in [0.717, 1.165) is 6.54 Å². The highest BCUT2D eigenvalue weighted by Crippen LogP contribution is 2.32. The molecule has 0 amide bonds. The van der Waals surface area contributed by atoms with Gasteiger partial charge in [0, 0.05) is 30.3 Å². The number of hydrogen-bond donors (Lipinski definition) is 1. The van der Waals surface area contributed by atoms with Crippen LogP contribution in [0, 0.1) is 5.82 Å². The van der Waals surface area contributed by atoms with Crippen molar-refractivity contribution in [2.24, 2.45) is 0 Å². The molecule has 1 aromatic rings. The normalized spacial score (nSPS) is 17.3. The summed E-state index contributed by atoms with van der Waals surface area (Å²) < 4.78 is 24.6. The quantitative estimate of drug-likeness (QED) is 0.835. The van der Waals surface area contributed by atoms with E-state index >= 15 is 0 Å². The third-order valence-electron chi connectivity index (χ3n) is 5.06. The van der Waals surface area contributed by atoms with Crippen LogP contribution in [0.3, 0.4) is 0 Å². The number of nitrogens with one attached hydrogen (secondary N) is 1. The van der Waals surface area contributed by atoms with E-state index in [1.165, 1.54) is 45.3 Å². The Morgan fingerprint density at radius 2 is 1.70 bits per heavy atom. The lowest BCUT2D eigenvalue weighted by molar-refractivity contribution is 0.0983. The fourth-order valence-electron chi connectivity index (χ4n) is 3.45. The number of ether oxygens (including phenoxy) is 2. The van der Waals surface area contributed by atoms with E-state index in [0.29, 0.717) is 23.6 Å². The Balaban J connectivity index is 2.02. The zero-order valence-corrected chi connectivity index (χ0v) is 14.7. The molecular weight excluding hydrogens is 295 g/mol. The number of likely N-dealkylation sites (N-methyl/N-ethyl adjacent to an activating group) is 1. The largest absolute Gasteiger partial charge is 0.493 e. The highest BCUT2D eigenvalue weighted by Gasteiger charge is 2.33. The summed E-state index contributed by atoms with van der Waals surface area (Å²) in [6, 6.07) is 3.10. The summed E-state index contributed by atoms with van der Waals surface area (Å²) in [6.45, 7) is 1.36. The highest BCUT2D eigenvalue weighted by molar-refractivity contribution is 5.43. The molecule has 130 valence electrons. The molecule has 0 unspecified atom stereocenters. The van der Waals surface area contributed by atoms with Gasteiger partial charge in [-0.1, -0.05) is 19.3 Å². The van der Waals surface area contributed by atoms with E-state index in [4.69, 9.17) is 9.47 Å². The minimum atomic E-state index is -0.266. The maximum atomic E-state index is 14.2. The van der Waals surface area contributed by atoms with Crippen molar-refractivity contribution < 1.29 is 13.9 Å². The first-order valence-corrected chi connectivity index (χ1v) is 8.31. The molecule has 4 nitrogen and oxygen atoms in total. The first kappa shape index (κ1) is 18.0. The van der Waals surface area contributed by atoms with E-state index in [1.807, 2.05) is 0 Å². The molecule has 0 radical (unpaired) electrons. The Bertz CT molecular complexity index is 514. The second kappa shape index (κ2) is 7.97. The van der Waals surface area contributed by atoms with Crippen molar-refractivity contribution >= 4 is 0 Å². The van der Waals surface area contributed by atoms with Gasteiger partial charge in [-0.25, -0.2) is 4.39 Å². The number of methoxy groups -OCH3 is 2. The molecule has 0 aromatic heterocycles. The van der Waals surface area contributed by atoms with Gasteiger partial charge in [-0.2, -0.15) is 0 Å². The smallest absolute Gasteiger partial charge is 0.163 e. The lowest BCUT2D eigenvalue weighted by Gasteiger charge is -2.43. The van der Waals surface area contributed by atoms with Crippen LogP contribution in [-0.2, 0) is 6.54 Å². The SMILES string of the molecule is COc1cc(F)c(CNCC2(N(C)C)CCCCC2)cc1OC. The van der Waals surface area contributed by atoms with Gasteiger partial charge in [0.05, 0.1) is 14.2 Å². The van der Waals surface area contributed by atoms with Gasteiger partial charge in [-0.15, -0.1) is 0 Å². The van der Waals surface area contributed by atoms with Gasteiger partial charge >= 0.3 is 0 Å². The second-order valence-corrected chi connectivity index (χ2v) is 6.58. The second-order valence-electron chi connectivity index (χ2n) is 6.58. The molecule has 1 aliphatic rings. The van der Waals surface area contributed by atoms with E-state index in [-0.39, 0.29) is 11.4 Å². The summed E-state index contributed by atoms with van der Waals surface area (Å²) in [6.07, 6.45) is 6.25. The monoisotopic (exact) mass is 324 g/mol. The van der Waals surface area contributed by atoms with E-state index in [1.54, 1.807) is 13.2 Å². The van der Waals surface area contributed by atoms with Crippen LogP contribution in [-0.4, -0.2) is 45.3 Å². The van der Waals surface area contributed by atoms with Crippen LogP contribution >= 0.6 is 0 Å². The van der Waals surface area contributed by atoms with Crippen molar-refractivity contribution in [1.29, 1.82) is 0 Å². The Morgan fingerprint density at radius 1 is 1.09 bits per heavy atom. The van der Waals surface area contributed by atoms with Crippen LogP contribution in [0.4, 0.5) is 4.39 Å². The lowest BCUT2D eigenvalue weighted by Crippen LogP contribution is -2.52. The van der Waals surface area contributed by atoms with Crippen LogP contribution in [0.2, 0.25) is 0 Å². The van der Waals surface area contributed by atoms with Crippen molar-refractivity contribution in [3.8, 4) is 11.5 Å². The molecule has 1 N–H and O–H groups in total. The van der Waals surface area contributed by atoms with Crippen LogP contribution in [0.1, 0.15) is 37.7 Å². The highest BCUT2D eigenvalue weighted by atomic mass is 19.1. The maximum absolute atomic E-state index is 14.2. The Labute approximate surface area is 139 Å². The van der Waals surface area contributed by atoms with Crippen molar-refractivity contribution in [3.63, 3.8) is 0 Å². The first-order chi connectivity index (χ1) is 11.0. The van der Waals surface area contributed by atoms with Crippen molar-refractivity contribution in [3.05, 3.63) is 23.5 Å². The topological polar surface area (TPSA) is 33.7 Å². The molecule has 1 saturated carbocycles. The van der Waals surface area contributed by atoms with Crippen LogP contribution < -0.4 is 14.8 Å². The van der Waals surface area contributed by atoms with Gasteiger partial charge in [-0.3, -0.25) is 0 Å². The number of hydrogen-bond acceptors (Lipinski definition) is 4. The Kier molecular flexibility index (Phi) is 6.25. The molecule has 0 bridgehead atoms. The molecule has 0 heterocycles. The van der Waals surface area contributed by atoms with Gasteiger partial charge in [-0.05, 0) is 33.0 Å². The third kappa shape index (κ3) is 4.15. The van der Waals surface area contributed by atoms with Crippen LogP contribution in [0.5, 0.6) is 11.5 Å². The average Bonchev–Trinajstić information content (AvgIpc) is 2.56. The minimum Gasteiger partial charge on any atom is -0.493 e. The van der Waals surface area contributed by atoms with Crippen molar-refractivity contribution in [2.75, 3.05) is 34.9 Å². The first-order valence-electron chi connectivity index (χ1n) is 8.31. The average molecular weight is 324 g/mol. The summed E-state index contributed by atoms with van der Waals surface area (Å²) in [5.41, 5.74) is 0.790. The number of halogens is 1. The molecule has 23 heavy (non-hydrogen) atoms. The number of rotatable bonds is 7. The fraction of sp³-hybridized carbons (Fsp3) is 0.667. The predicted octanol–water partition coefficient (Wildman–Crippen LogP) is 3.20. The molecule has 1 fully saturated rings. The summed E-state index contributed by atoms with van der Waals surface area (Å²) in [5.74, 6) is 0.717. The molecule has 0 atom stereocenters. The lowest BCUT2D eigenvalue weighted by atomic mass is 9.80. The van der Waals surface area contributed by atoms with E-state index in [2.05, 4.69) is 24.3 Å². The third-order valence-corrected chi connectivity index (χ3v) is 5.06. The molecule has 2 rings (SSSR count). The van der Waals surface area contributed by atoms with Crippen LogP contribution in [0.25, 0.3) is 0 Å². The number of nitrogens with zero attached hydrogens (tertiary/aromatic N) is 1. The molecule has 0 spiro atoms. The Hall–Kier alpha value is -1.33. The van der Waals surface area contributed by atoms with Gasteiger partial charge in [0.25, 0.3) is 0 Å². The van der Waals surface area contributed by atoms with Gasteiger partial charge in [0.2, 0.25) is 0 Å².